The van der Waals surface area contributed by atoms with Crippen LogP contribution < -0.4 is 0 Å². The van der Waals surface area contributed by atoms with E-state index in [1.165, 1.54) is 35.4 Å². The van der Waals surface area contributed by atoms with Crippen molar-refractivity contribution < 1.29 is 0 Å². The molecule has 4 aromatic heterocycles. The molecule has 5 rings (SSSR count). The summed E-state index contributed by atoms with van der Waals surface area (Å²) in [7, 11) is 0. The Labute approximate surface area is 300 Å². The van der Waals surface area contributed by atoms with Gasteiger partial charge in [0.25, 0.3) is 0 Å². The largest absolute Gasteiger partial charge is 0.354 e. The number of hydrogen-bond acceptors (Lipinski definition) is 3. The number of aromatic amines is 1. The SMILES string of the molecule is CC(C)CCn1cccc1.CC(C)Cc1ccccc1.CC(C)Cc1ccccn1.CC(C)Cc1ccncc1.CC(C)Cc1cnc[nH]1. The van der Waals surface area contributed by atoms with Crippen molar-refractivity contribution in [1.29, 1.82) is 0 Å². The molecule has 0 aliphatic carbocycles. The summed E-state index contributed by atoms with van der Waals surface area (Å²) >= 11 is 0. The molecule has 1 aromatic carbocycles. The summed E-state index contributed by atoms with van der Waals surface area (Å²) in [6.07, 6.45) is 19.2. The molecule has 0 radical (unpaired) electrons. The molecule has 0 saturated heterocycles. The second-order valence-corrected chi connectivity index (χ2v) is 14.7. The first-order valence-electron chi connectivity index (χ1n) is 18.3. The van der Waals surface area contributed by atoms with E-state index in [4.69, 9.17) is 0 Å². The first-order valence-corrected chi connectivity index (χ1v) is 18.3. The smallest absolute Gasteiger partial charge is 0.0921 e. The van der Waals surface area contributed by atoms with E-state index in [0.717, 1.165) is 43.6 Å². The predicted octanol–water partition coefficient (Wildman–Crippen LogP) is 11.6. The molecule has 0 aliphatic rings. The molecule has 0 atom stereocenters. The van der Waals surface area contributed by atoms with E-state index in [2.05, 4.69) is 167 Å². The number of nitrogens with zero attached hydrogens (tertiary/aromatic N) is 4. The van der Waals surface area contributed by atoms with Crippen LogP contribution in [0.15, 0.2) is 116 Å². The third-order valence-corrected chi connectivity index (χ3v) is 7.04. The van der Waals surface area contributed by atoms with Crippen molar-refractivity contribution in [3.05, 3.63) is 139 Å². The Morgan fingerprint density at radius 3 is 1.55 bits per heavy atom. The van der Waals surface area contributed by atoms with Gasteiger partial charge in [0.2, 0.25) is 0 Å². The summed E-state index contributed by atoms with van der Waals surface area (Å²) in [5, 5.41) is 0. The molecule has 268 valence electrons. The van der Waals surface area contributed by atoms with Crippen LogP contribution in [0.2, 0.25) is 0 Å². The molecule has 0 fully saturated rings. The fraction of sp³-hybridized carbons (Fsp3) is 0.477. The first kappa shape index (κ1) is 43.0. The number of nitrogens with one attached hydrogen (secondary N) is 1. The predicted molar refractivity (Wildman–Crippen MR) is 212 cm³/mol. The van der Waals surface area contributed by atoms with Crippen molar-refractivity contribution in [3.8, 4) is 0 Å². The maximum Gasteiger partial charge on any atom is 0.0921 e. The molecule has 5 heteroatoms. The topological polar surface area (TPSA) is 59.4 Å². The average molecular weight is 666 g/mol. The molecule has 0 amide bonds. The highest BCUT2D eigenvalue weighted by atomic mass is 14.9. The molecule has 4 heterocycles. The van der Waals surface area contributed by atoms with Crippen molar-refractivity contribution in [2.75, 3.05) is 0 Å². The van der Waals surface area contributed by atoms with Gasteiger partial charge in [0.05, 0.1) is 6.33 Å². The summed E-state index contributed by atoms with van der Waals surface area (Å²) in [6, 6.07) is 24.9. The third-order valence-electron chi connectivity index (χ3n) is 7.04. The highest BCUT2D eigenvalue weighted by Gasteiger charge is 1.98. The van der Waals surface area contributed by atoms with Gasteiger partial charge in [-0.25, -0.2) is 4.98 Å². The fourth-order valence-electron chi connectivity index (χ4n) is 4.78. The molecule has 5 nitrogen and oxygen atoms in total. The van der Waals surface area contributed by atoms with Gasteiger partial charge in [0, 0.05) is 55.1 Å². The van der Waals surface area contributed by atoms with E-state index in [-0.39, 0.29) is 0 Å². The molecular formula is C44H67N5. The Balaban J connectivity index is 0.000000306. The maximum atomic E-state index is 4.22. The maximum absolute atomic E-state index is 4.22. The summed E-state index contributed by atoms with van der Waals surface area (Å²) in [5.41, 5.74) is 5.24. The van der Waals surface area contributed by atoms with Crippen LogP contribution in [0.5, 0.6) is 0 Å². The lowest BCUT2D eigenvalue weighted by Gasteiger charge is -2.04. The molecule has 1 N–H and O–H groups in total. The molecular weight excluding hydrogens is 599 g/mol. The van der Waals surface area contributed by atoms with Crippen LogP contribution in [-0.2, 0) is 32.2 Å². The zero-order valence-electron chi connectivity index (χ0n) is 32.4. The van der Waals surface area contributed by atoms with Crippen LogP contribution in [-0.4, -0.2) is 24.5 Å². The Morgan fingerprint density at radius 2 is 1.08 bits per heavy atom. The van der Waals surface area contributed by atoms with Crippen LogP contribution in [0.3, 0.4) is 0 Å². The third kappa shape index (κ3) is 25.7. The highest BCUT2D eigenvalue weighted by molar-refractivity contribution is 5.15. The first-order chi connectivity index (χ1) is 23.4. The summed E-state index contributed by atoms with van der Waals surface area (Å²) in [4.78, 5) is 15.1. The lowest BCUT2D eigenvalue weighted by atomic mass is 10.0. The lowest BCUT2D eigenvalue weighted by molar-refractivity contribution is 0.517. The Morgan fingerprint density at radius 1 is 0.531 bits per heavy atom. The molecule has 0 bridgehead atoms. The molecule has 0 saturated carbocycles. The number of benzene rings is 1. The van der Waals surface area contributed by atoms with Crippen LogP contribution >= 0.6 is 0 Å². The van der Waals surface area contributed by atoms with E-state index >= 15 is 0 Å². The van der Waals surface area contributed by atoms with Crippen molar-refractivity contribution in [3.63, 3.8) is 0 Å². The van der Waals surface area contributed by atoms with Gasteiger partial charge in [-0.15, -0.1) is 0 Å². The van der Waals surface area contributed by atoms with Crippen LogP contribution in [0.1, 0.15) is 98.2 Å². The number of H-pyrrole nitrogens is 1. The van der Waals surface area contributed by atoms with Crippen molar-refractivity contribution in [2.24, 2.45) is 29.6 Å². The Hall–Kier alpha value is -3.99. The van der Waals surface area contributed by atoms with E-state index in [9.17, 15) is 0 Å². The quantitative estimate of drug-likeness (QED) is 0.153. The van der Waals surface area contributed by atoms with E-state index in [0.29, 0.717) is 11.8 Å². The summed E-state index contributed by atoms with van der Waals surface area (Å²) in [6.45, 7) is 23.4. The van der Waals surface area contributed by atoms with E-state index in [1.54, 1.807) is 6.33 Å². The number of aromatic nitrogens is 5. The van der Waals surface area contributed by atoms with Crippen LogP contribution in [0.25, 0.3) is 0 Å². The summed E-state index contributed by atoms with van der Waals surface area (Å²) in [5.74, 6) is 3.73. The van der Waals surface area contributed by atoms with Crippen molar-refractivity contribution in [2.45, 2.75) is 108 Å². The Kier molecular flexibility index (Phi) is 23.6. The van der Waals surface area contributed by atoms with Crippen LogP contribution in [0, 0.1) is 29.6 Å². The molecule has 5 aromatic rings. The molecule has 0 unspecified atom stereocenters. The van der Waals surface area contributed by atoms with Gasteiger partial charge in [-0.05, 0) is 109 Å². The monoisotopic (exact) mass is 666 g/mol. The second-order valence-electron chi connectivity index (χ2n) is 14.7. The van der Waals surface area contributed by atoms with Gasteiger partial charge in [-0.2, -0.15) is 0 Å². The average Bonchev–Trinajstić information content (AvgIpc) is 3.77. The zero-order valence-corrected chi connectivity index (χ0v) is 32.4. The highest BCUT2D eigenvalue weighted by Crippen LogP contribution is 2.07. The minimum atomic E-state index is 0.704. The van der Waals surface area contributed by atoms with Gasteiger partial charge in [-0.1, -0.05) is 106 Å². The normalized spacial score (nSPS) is 10.4. The standard InChI is InChI=1S/C10H14.C9H13N.C9H15N.C9H13N.C7H12N2/c1-9(2)8-10-6-4-3-5-7-10;1-8(2)7-9-3-5-10-6-4-9;1-9(2)5-8-10-6-3-4-7-10;1-8(2)7-9-5-3-4-6-10-9;1-6(2)3-7-4-8-5-9-7/h3-7,9H,8H2,1-2H3;3-6,8H,7H2,1-2H3;3-4,6-7,9H,5,8H2,1-2H3;3-6,8H,7H2,1-2H3;4-6H,3H2,1-2H3,(H,8,9). The van der Waals surface area contributed by atoms with Gasteiger partial charge in [-0.3, -0.25) is 9.97 Å². The van der Waals surface area contributed by atoms with Crippen molar-refractivity contribution >= 4 is 0 Å². The summed E-state index contributed by atoms with van der Waals surface area (Å²) < 4.78 is 2.22. The number of aryl methyl sites for hydroxylation is 1. The number of hydrogen-bond donors (Lipinski definition) is 1. The van der Waals surface area contributed by atoms with Crippen molar-refractivity contribution in [1.82, 2.24) is 24.5 Å². The lowest BCUT2D eigenvalue weighted by Crippen LogP contribution is -1.97. The number of imidazole rings is 1. The number of rotatable bonds is 11. The zero-order chi connectivity index (χ0) is 36.3. The fourth-order valence-corrected chi connectivity index (χ4v) is 4.78. The molecule has 0 spiro atoms. The molecule has 49 heavy (non-hydrogen) atoms. The van der Waals surface area contributed by atoms with E-state index in [1.807, 2.05) is 36.9 Å². The van der Waals surface area contributed by atoms with E-state index < -0.39 is 0 Å². The number of pyridine rings is 2. The minimum Gasteiger partial charge on any atom is -0.354 e. The Bertz CT molecular complexity index is 1250. The minimum absolute atomic E-state index is 0.704. The molecule has 0 aliphatic heterocycles. The van der Waals surface area contributed by atoms with Gasteiger partial charge in [0.15, 0.2) is 0 Å². The van der Waals surface area contributed by atoms with Crippen LogP contribution in [0.4, 0.5) is 0 Å². The van der Waals surface area contributed by atoms with Gasteiger partial charge in [0.1, 0.15) is 0 Å². The van der Waals surface area contributed by atoms with Gasteiger partial charge >= 0.3 is 0 Å². The second kappa shape index (κ2) is 26.9. The van der Waals surface area contributed by atoms with Gasteiger partial charge < -0.3 is 9.55 Å².